The lowest BCUT2D eigenvalue weighted by atomic mass is 10.8. The Kier molecular flexibility index (Phi) is 6.56. The summed E-state index contributed by atoms with van der Waals surface area (Å²) in [5, 5.41) is 0. The lowest BCUT2D eigenvalue weighted by molar-refractivity contribution is 1.11. The number of nitrogens with two attached hydrogens (primary N) is 1. The topological polar surface area (TPSA) is 26.0 Å². The van der Waals surface area contributed by atoms with Crippen molar-refractivity contribution in [2.75, 3.05) is 6.54 Å². The summed E-state index contributed by atoms with van der Waals surface area (Å²) >= 11 is 7.89. The molecule has 0 spiro atoms. The summed E-state index contributed by atoms with van der Waals surface area (Å²) in [6.45, 7) is 0.627. The first-order chi connectivity index (χ1) is 3.35. The summed E-state index contributed by atoms with van der Waals surface area (Å²) < 4.78 is 0.326. The van der Waals surface area contributed by atoms with Crippen LogP contribution in [0.15, 0.2) is 0 Å². The van der Waals surface area contributed by atoms with Crippen molar-refractivity contribution in [3.63, 3.8) is 0 Å². The summed E-state index contributed by atoms with van der Waals surface area (Å²) in [7, 11) is 2.85. The number of rotatable bonds is 3. The van der Waals surface area contributed by atoms with Gasteiger partial charge in [-0.2, -0.15) is 0 Å². The lowest BCUT2D eigenvalue weighted by Gasteiger charge is -2.02. The van der Waals surface area contributed by atoms with Crippen molar-refractivity contribution < 1.29 is 0 Å². The summed E-state index contributed by atoms with van der Waals surface area (Å²) in [6, 6.07) is 0. The van der Waals surface area contributed by atoms with Crippen molar-refractivity contribution >= 4 is 44.9 Å². The van der Waals surface area contributed by atoms with Crippen LogP contribution in [0.5, 0.6) is 0 Å². The molecule has 0 aromatic heterocycles. The second-order valence-electron chi connectivity index (χ2n) is 0.876. The van der Waals surface area contributed by atoms with Crippen LogP contribution in [-0.4, -0.2) is 11.1 Å². The second kappa shape index (κ2) is 5.50. The molecule has 0 aromatic rings. The van der Waals surface area contributed by atoms with E-state index in [0.717, 1.165) is 0 Å². The van der Waals surface area contributed by atoms with E-state index in [9.17, 15) is 0 Å². The van der Waals surface area contributed by atoms with Gasteiger partial charge in [0.2, 0.25) is 0 Å². The highest BCUT2D eigenvalue weighted by molar-refractivity contribution is 8.78. The van der Waals surface area contributed by atoms with Crippen LogP contribution in [0.25, 0.3) is 0 Å². The van der Waals surface area contributed by atoms with Crippen molar-refractivity contribution in [1.82, 2.24) is 0 Å². The first-order valence-electron chi connectivity index (χ1n) is 1.65. The zero-order valence-electron chi connectivity index (χ0n) is 3.57. The van der Waals surface area contributed by atoms with Gasteiger partial charge in [-0.1, -0.05) is 21.6 Å². The Morgan fingerprint density at radius 2 is 1.86 bits per heavy atom. The molecule has 0 aliphatic heterocycles. The van der Waals surface area contributed by atoms with Crippen LogP contribution in [0.1, 0.15) is 0 Å². The Morgan fingerprint density at radius 1 is 1.43 bits per heavy atom. The van der Waals surface area contributed by atoms with Gasteiger partial charge in [0.1, 0.15) is 0 Å². The highest BCUT2D eigenvalue weighted by Crippen LogP contribution is 2.27. The van der Waals surface area contributed by atoms with E-state index in [1.54, 1.807) is 0 Å². The molecule has 0 fully saturated rings. The smallest absolute Gasteiger partial charge is 0.0826 e. The van der Waals surface area contributed by atoms with Crippen molar-refractivity contribution in [2.45, 2.75) is 4.58 Å². The molecule has 0 saturated carbocycles. The quantitative estimate of drug-likeness (QED) is 0.342. The van der Waals surface area contributed by atoms with E-state index in [4.69, 9.17) is 5.73 Å². The predicted octanol–water partition coefficient (Wildman–Crippen LogP) is 1.43. The molecule has 0 unspecified atom stereocenters. The molecule has 0 saturated heterocycles. The van der Waals surface area contributed by atoms with Gasteiger partial charge in [0.05, 0.1) is 4.58 Å². The monoisotopic (exact) mass is 173 g/mol. The van der Waals surface area contributed by atoms with Gasteiger partial charge in [-0.05, 0) is 0 Å². The standard InChI is InChI=1S/C2H7NS4/c3-1-2(6-4)7-5/h2,4-5H,1,3H2. The molecular weight excluding hydrogens is 166 g/mol. The van der Waals surface area contributed by atoms with Crippen LogP contribution in [0.2, 0.25) is 0 Å². The van der Waals surface area contributed by atoms with E-state index < -0.39 is 0 Å². The fraction of sp³-hybridized carbons (Fsp3) is 1.00. The third-order valence-corrected chi connectivity index (χ3v) is 4.24. The normalized spacial score (nSPS) is 10.3. The molecule has 0 aliphatic carbocycles. The summed E-state index contributed by atoms with van der Waals surface area (Å²) in [4.78, 5) is 0. The maximum Gasteiger partial charge on any atom is 0.0826 e. The minimum Gasteiger partial charge on any atom is -0.328 e. The van der Waals surface area contributed by atoms with Crippen molar-refractivity contribution in [1.29, 1.82) is 0 Å². The van der Waals surface area contributed by atoms with Crippen molar-refractivity contribution in [2.24, 2.45) is 5.73 Å². The largest absolute Gasteiger partial charge is 0.328 e. The zero-order chi connectivity index (χ0) is 5.70. The number of thiol groups is 2. The fourth-order valence-corrected chi connectivity index (χ4v) is 2.33. The molecule has 5 heteroatoms. The zero-order valence-corrected chi connectivity index (χ0v) is 6.99. The second-order valence-corrected chi connectivity index (χ2v) is 4.00. The van der Waals surface area contributed by atoms with Gasteiger partial charge < -0.3 is 5.73 Å². The van der Waals surface area contributed by atoms with Crippen LogP contribution in [0.3, 0.4) is 0 Å². The molecule has 1 nitrogen and oxygen atoms in total. The van der Waals surface area contributed by atoms with Gasteiger partial charge in [0, 0.05) is 6.54 Å². The van der Waals surface area contributed by atoms with Gasteiger partial charge in [-0.25, -0.2) is 0 Å². The highest BCUT2D eigenvalue weighted by Gasteiger charge is 1.99. The Morgan fingerprint density at radius 3 is 1.86 bits per heavy atom. The van der Waals surface area contributed by atoms with Crippen LogP contribution in [0.4, 0.5) is 0 Å². The van der Waals surface area contributed by atoms with Crippen LogP contribution >= 0.6 is 44.9 Å². The Balaban J connectivity index is 2.99. The van der Waals surface area contributed by atoms with Gasteiger partial charge in [-0.15, -0.1) is 23.3 Å². The van der Waals surface area contributed by atoms with E-state index >= 15 is 0 Å². The molecule has 0 radical (unpaired) electrons. The molecule has 2 N–H and O–H groups in total. The number of hydrogen-bond donors (Lipinski definition) is 3. The highest BCUT2D eigenvalue weighted by atomic mass is 33.1. The minimum atomic E-state index is 0.326. The summed E-state index contributed by atoms with van der Waals surface area (Å²) in [5.74, 6) is 0. The molecule has 44 valence electrons. The van der Waals surface area contributed by atoms with E-state index in [-0.39, 0.29) is 0 Å². The first kappa shape index (κ1) is 8.36. The molecule has 0 aromatic carbocycles. The van der Waals surface area contributed by atoms with Gasteiger partial charge in [-0.3, -0.25) is 0 Å². The van der Waals surface area contributed by atoms with Crippen LogP contribution in [-0.2, 0) is 0 Å². The van der Waals surface area contributed by atoms with Gasteiger partial charge in [0.15, 0.2) is 0 Å². The van der Waals surface area contributed by atoms with E-state index in [1.807, 2.05) is 0 Å². The third kappa shape index (κ3) is 3.90. The van der Waals surface area contributed by atoms with Crippen molar-refractivity contribution in [3.05, 3.63) is 0 Å². The van der Waals surface area contributed by atoms with Gasteiger partial charge in [0.25, 0.3) is 0 Å². The van der Waals surface area contributed by atoms with Crippen LogP contribution in [0, 0.1) is 0 Å². The molecule has 0 bridgehead atoms. The molecular formula is C2H7NS4. The average molecular weight is 173 g/mol. The average Bonchev–Trinajstić information content (AvgIpc) is 1.72. The van der Waals surface area contributed by atoms with E-state index in [2.05, 4.69) is 23.3 Å². The summed E-state index contributed by atoms with van der Waals surface area (Å²) in [5.41, 5.74) is 5.25. The third-order valence-electron chi connectivity index (χ3n) is 0.428. The Hall–Kier alpha value is 1.36. The SMILES string of the molecule is NCC(SS)SS. The maximum absolute atomic E-state index is 5.25. The molecule has 7 heavy (non-hydrogen) atoms. The number of hydrogen-bond acceptors (Lipinski definition) is 5. The van der Waals surface area contributed by atoms with Crippen LogP contribution < -0.4 is 5.73 Å². The first-order valence-corrected chi connectivity index (χ1v) is 5.52. The van der Waals surface area contributed by atoms with E-state index in [0.29, 0.717) is 11.1 Å². The minimum absolute atomic E-state index is 0.326. The lowest BCUT2D eigenvalue weighted by Crippen LogP contribution is -2.09. The molecule has 0 heterocycles. The van der Waals surface area contributed by atoms with Crippen molar-refractivity contribution in [3.8, 4) is 0 Å². The maximum atomic E-state index is 5.25. The molecule has 0 atom stereocenters. The Labute approximate surface area is 61.8 Å². The molecule has 0 amide bonds. The molecule has 0 rings (SSSR count). The fourth-order valence-electron chi connectivity index (χ4n) is 0.105. The molecule has 0 aliphatic rings. The van der Waals surface area contributed by atoms with E-state index in [1.165, 1.54) is 21.6 Å². The van der Waals surface area contributed by atoms with Gasteiger partial charge >= 0.3 is 0 Å². The Bertz CT molecular complexity index is 31.2. The predicted molar refractivity (Wildman–Crippen MR) is 46.0 cm³/mol. The summed E-state index contributed by atoms with van der Waals surface area (Å²) in [6.07, 6.45) is 0.